The Morgan fingerprint density at radius 1 is 1.35 bits per heavy atom. The second-order valence-corrected chi connectivity index (χ2v) is 5.46. The highest BCUT2D eigenvalue weighted by Crippen LogP contribution is 2.24. The number of carbonyl (C=O) groups excluding carboxylic acids is 2. The van der Waals surface area contributed by atoms with E-state index in [0.717, 1.165) is 17.7 Å². The van der Waals surface area contributed by atoms with E-state index in [1.54, 1.807) is 4.90 Å². The molecule has 1 aliphatic heterocycles. The summed E-state index contributed by atoms with van der Waals surface area (Å²) in [6.45, 7) is 6.47. The lowest BCUT2D eigenvalue weighted by Gasteiger charge is -2.28. The number of benzene rings is 1. The van der Waals surface area contributed by atoms with E-state index >= 15 is 0 Å². The molecule has 4 heteroatoms. The van der Waals surface area contributed by atoms with Crippen molar-refractivity contribution in [3.63, 3.8) is 0 Å². The Bertz CT molecular complexity index is 513. The van der Waals surface area contributed by atoms with Gasteiger partial charge in [0.25, 0.3) is 0 Å². The molecule has 2 amide bonds. The van der Waals surface area contributed by atoms with Crippen LogP contribution in [0.5, 0.6) is 0 Å². The molecule has 2 rings (SSSR count). The van der Waals surface area contributed by atoms with Crippen molar-refractivity contribution in [3.8, 4) is 0 Å². The fourth-order valence-electron chi connectivity index (χ4n) is 2.53. The average molecular weight is 274 g/mol. The summed E-state index contributed by atoms with van der Waals surface area (Å²) >= 11 is 0. The monoisotopic (exact) mass is 274 g/mol. The molecule has 1 fully saturated rings. The molecule has 0 radical (unpaired) electrons. The zero-order valence-electron chi connectivity index (χ0n) is 12.3. The van der Waals surface area contributed by atoms with E-state index < -0.39 is 6.04 Å². The van der Waals surface area contributed by atoms with Crippen LogP contribution in [0.25, 0.3) is 0 Å². The van der Waals surface area contributed by atoms with Crippen molar-refractivity contribution in [1.82, 2.24) is 5.32 Å². The molecule has 0 saturated carbocycles. The fraction of sp³-hybridized carbons (Fsp3) is 0.500. The maximum Gasteiger partial charge on any atom is 0.249 e. The molecule has 1 saturated heterocycles. The number of nitrogens with one attached hydrogen (secondary N) is 1. The standard InChI is InChI=1S/C16H22N2O2/c1-4-11(2)15-16(20)18(10-9-14(19)17-15)13-8-6-5-7-12(13)3/h5-8,11,15H,4,9-10H2,1-3H3,(H,17,19). The molecular weight excluding hydrogens is 252 g/mol. The molecule has 108 valence electrons. The highest BCUT2D eigenvalue weighted by molar-refractivity contribution is 6.01. The second kappa shape index (κ2) is 6.07. The number of anilines is 1. The van der Waals surface area contributed by atoms with Gasteiger partial charge in [0.1, 0.15) is 6.04 Å². The van der Waals surface area contributed by atoms with Crippen LogP contribution in [0.1, 0.15) is 32.3 Å². The van der Waals surface area contributed by atoms with Gasteiger partial charge in [-0.05, 0) is 24.5 Å². The molecule has 4 nitrogen and oxygen atoms in total. The van der Waals surface area contributed by atoms with Crippen molar-refractivity contribution >= 4 is 17.5 Å². The van der Waals surface area contributed by atoms with Crippen LogP contribution in [0.2, 0.25) is 0 Å². The Hall–Kier alpha value is -1.84. The molecule has 1 aliphatic rings. The molecule has 2 atom stereocenters. The van der Waals surface area contributed by atoms with Crippen LogP contribution in [-0.4, -0.2) is 24.4 Å². The van der Waals surface area contributed by atoms with Crippen molar-refractivity contribution < 1.29 is 9.59 Å². The second-order valence-electron chi connectivity index (χ2n) is 5.46. The number of amides is 2. The average Bonchev–Trinajstić information content (AvgIpc) is 2.59. The lowest BCUT2D eigenvalue weighted by Crippen LogP contribution is -2.48. The van der Waals surface area contributed by atoms with Gasteiger partial charge >= 0.3 is 0 Å². The summed E-state index contributed by atoms with van der Waals surface area (Å²) in [5.74, 6) is 0.0929. The molecular formula is C16H22N2O2. The van der Waals surface area contributed by atoms with Crippen molar-refractivity contribution in [2.45, 2.75) is 39.7 Å². The van der Waals surface area contributed by atoms with Gasteiger partial charge in [-0.15, -0.1) is 0 Å². The summed E-state index contributed by atoms with van der Waals surface area (Å²) in [5.41, 5.74) is 1.96. The molecule has 0 aliphatic carbocycles. The van der Waals surface area contributed by atoms with Crippen LogP contribution in [0.15, 0.2) is 24.3 Å². The predicted molar refractivity (Wildman–Crippen MR) is 79.5 cm³/mol. The van der Waals surface area contributed by atoms with Gasteiger partial charge in [0.15, 0.2) is 0 Å². The van der Waals surface area contributed by atoms with Crippen LogP contribution in [-0.2, 0) is 9.59 Å². The van der Waals surface area contributed by atoms with Gasteiger partial charge in [-0.25, -0.2) is 0 Å². The summed E-state index contributed by atoms with van der Waals surface area (Å²) in [4.78, 5) is 26.3. The van der Waals surface area contributed by atoms with Crippen molar-refractivity contribution in [3.05, 3.63) is 29.8 Å². The van der Waals surface area contributed by atoms with E-state index in [4.69, 9.17) is 0 Å². The first-order valence-electron chi connectivity index (χ1n) is 7.21. The lowest BCUT2D eigenvalue weighted by molar-refractivity contribution is -0.126. The number of rotatable bonds is 3. The van der Waals surface area contributed by atoms with Crippen LogP contribution < -0.4 is 10.2 Å². The van der Waals surface area contributed by atoms with Gasteiger partial charge < -0.3 is 10.2 Å². The third kappa shape index (κ3) is 2.84. The summed E-state index contributed by atoms with van der Waals surface area (Å²) in [6.07, 6.45) is 1.21. The minimum absolute atomic E-state index is 0.000463. The van der Waals surface area contributed by atoms with Gasteiger partial charge in [0.05, 0.1) is 0 Å². The minimum atomic E-state index is -0.422. The normalized spacial score (nSPS) is 21.4. The third-order valence-corrected chi connectivity index (χ3v) is 4.03. The Morgan fingerprint density at radius 3 is 2.70 bits per heavy atom. The Kier molecular flexibility index (Phi) is 4.42. The van der Waals surface area contributed by atoms with Crippen LogP contribution in [0, 0.1) is 12.8 Å². The Labute approximate surface area is 120 Å². The lowest BCUT2D eigenvalue weighted by atomic mass is 9.97. The first kappa shape index (κ1) is 14.6. The predicted octanol–water partition coefficient (Wildman–Crippen LogP) is 2.26. The largest absolute Gasteiger partial charge is 0.344 e. The molecule has 1 aromatic rings. The molecule has 0 bridgehead atoms. The van der Waals surface area contributed by atoms with Crippen molar-refractivity contribution in [1.29, 1.82) is 0 Å². The molecule has 1 N–H and O–H groups in total. The van der Waals surface area contributed by atoms with E-state index in [1.165, 1.54) is 0 Å². The van der Waals surface area contributed by atoms with E-state index in [9.17, 15) is 9.59 Å². The van der Waals surface area contributed by atoms with Crippen LogP contribution in [0.3, 0.4) is 0 Å². The zero-order chi connectivity index (χ0) is 14.7. The third-order valence-electron chi connectivity index (χ3n) is 4.03. The first-order chi connectivity index (χ1) is 9.54. The first-order valence-corrected chi connectivity index (χ1v) is 7.21. The Morgan fingerprint density at radius 2 is 2.05 bits per heavy atom. The van der Waals surface area contributed by atoms with Gasteiger partial charge in [0.2, 0.25) is 11.8 Å². The van der Waals surface area contributed by atoms with Gasteiger partial charge in [-0.1, -0.05) is 38.5 Å². The summed E-state index contributed by atoms with van der Waals surface area (Å²) in [7, 11) is 0. The Balaban J connectivity index is 2.35. The zero-order valence-corrected chi connectivity index (χ0v) is 12.3. The molecule has 0 aromatic heterocycles. The van der Waals surface area contributed by atoms with Crippen LogP contribution >= 0.6 is 0 Å². The van der Waals surface area contributed by atoms with E-state index in [-0.39, 0.29) is 17.7 Å². The highest BCUT2D eigenvalue weighted by atomic mass is 16.2. The van der Waals surface area contributed by atoms with E-state index in [0.29, 0.717) is 13.0 Å². The minimum Gasteiger partial charge on any atom is -0.344 e. The van der Waals surface area contributed by atoms with Crippen molar-refractivity contribution in [2.24, 2.45) is 5.92 Å². The quantitative estimate of drug-likeness (QED) is 0.919. The van der Waals surface area contributed by atoms with E-state index in [2.05, 4.69) is 5.32 Å². The number of para-hydroxylation sites is 1. The summed E-state index contributed by atoms with van der Waals surface area (Å²) in [6, 6.07) is 7.39. The maximum atomic E-state index is 12.8. The molecule has 2 unspecified atom stereocenters. The number of carbonyl (C=O) groups is 2. The summed E-state index contributed by atoms with van der Waals surface area (Å²) in [5, 5.41) is 2.87. The molecule has 20 heavy (non-hydrogen) atoms. The molecule has 1 aromatic carbocycles. The SMILES string of the molecule is CCC(C)C1NC(=O)CCN(c2ccccc2C)C1=O. The van der Waals surface area contributed by atoms with Gasteiger partial charge in [-0.3, -0.25) is 9.59 Å². The van der Waals surface area contributed by atoms with E-state index in [1.807, 2.05) is 45.0 Å². The topological polar surface area (TPSA) is 49.4 Å². The molecule has 0 spiro atoms. The number of hydrogen-bond donors (Lipinski definition) is 1. The number of aryl methyl sites for hydroxylation is 1. The maximum absolute atomic E-state index is 12.8. The number of nitrogens with zero attached hydrogens (tertiary/aromatic N) is 1. The van der Waals surface area contributed by atoms with Crippen LogP contribution in [0.4, 0.5) is 5.69 Å². The van der Waals surface area contributed by atoms with Crippen molar-refractivity contribution in [2.75, 3.05) is 11.4 Å². The highest BCUT2D eigenvalue weighted by Gasteiger charge is 2.33. The number of hydrogen-bond acceptors (Lipinski definition) is 2. The van der Waals surface area contributed by atoms with Gasteiger partial charge in [0, 0.05) is 18.7 Å². The summed E-state index contributed by atoms with van der Waals surface area (Å²) < 4.78 is 0. The van der Waals surface area contributed by atoms with Gasteiger partial charge in [-0.2, -0.15) is 0 Å². The fourth-order valence-corrected chi connectivity index (χ4v) is 2.53. The smallest absolute Gasteiger partial charge is 0.249 e. The molecule has 1 heterocycles.